The first-order valence-corrected chi connectivity index (χ1v) is 5.97. The van der Waals surface area contributed by atoms with Gasteiger partial charge in [0.25, 0.3) is 0 Å². The molecule has 1 aromatic carbocycles. The molecule has 0 aliphatic heterocycles. The minimum absolute atomic E-state index is 0.0601. The van der Waals surface area contributed by atoms with Crippen LogP contribution in [0.4, 0.5) is 13.2 Å². The number of methoxy groups -OCH3 is 1. The Bertz CT molecular complexity index is 525. The number of alkyl halides is 3. The number of nitriles is 1. The molecule has 0 atom stereocenters. The largest absolute Gasteiger partial charge is 0.465 e. The molecule has 0 bridgehead atoms. The number of carbonyl (C=O) groups excluding carboxylic acids is 1. The summed E-state index contributed by atoms with van der Waals surface area (Å²) in [6.07, 6.45) is 0. The van der Waals surface area contributed by atoms with Gasteiger partial charge in [-0.25, -0.2) is 4.79 Å². The van der Waals surface area contributed by atoms with Crippen molar-refractivity contribution in [1.29, 1.82) is 5.26 Å². The number of halogens is 4. The molecule has 96 valence electrons. The molecule has 0 amide bonds. The van der Waals surface area contributed by atoms with Crippen LogP contribution in [0.3, 0.4) is 0 Å². The van der Waals surface area contributed by atoms with Crippen molar-refractivity contribution in [2.24, 2.45) is 0 Å². The average molecular weight is 340 g/mol. The van der Waals surface area contributed by atoms with Crippen LogP contribution < -0.4 is 0 Å². The number of hydrogen-bond donors (Lipinski definition) is 0. The van der Waals surface area contributed by atoms with Gasteiger partial charge >= 0.3 is 11.5 Å². The molecule has 18 heavy (non-hydrogen) atoms. The number of thioether (sulfide) groups is 1. The van der Waals surface area contributed by atoms with E-state index in [4.69, 9.17) is 5.26 Å². The van der Waals surface area contributed by atoms with Crippen molar-refractivity contribution in [3.05, 3.63) is 27.7 Å². The maximum Gasteiger partial charge on any atom is 0.446 e. The zero-order chi connectivity index (χ0) is 13.9. The van der Waals surface area contributed by atoms with Crippen LogP contribution in [0.15, 0.2) is 21.5 Å². The van der Waals surface area contributed by atoms with E-state index in [0.717, 1.165) is 13.2 Å². The van der Waals surface area contributed by atoms with Crippen LogP contribution in [0.25, 0.3) is 0 Å². The average Bonchev–Trinajstić information content (AvgIpc) is 2.25. The van der Waals surface area contributed by atoms with Gasteiger partial charge in [0.1, 0.15) is 6.07 Å². The first kappa shape index (κ1) is 14.9. The standard InChI is InChI=1S/C10H5BrF3NO2S/c1-17-9(16)5-2-7(11)6(4-15)8(3-5)18-10(12,13)14/h2-3H,1H3. The molecule has 0 saturated carbocycles. The second-order valence-electron chi connectivity index (χ2n) is 2.98. The lowest BCUT2D eigenvalue weighted by Gasteiger charge is -2.10. The number of esters is 1. The predicted octanol–water partition coefficient (Wildman–Crippen LogP) is 3.72. The summed E-state index contributed by atoms with van der Waals surface area (Å²) in [7, 11) is 1.12. The Labute approximate surface area is 113 Å². The van der Waals surface area contributed by atoms with Gasteiger partial charge in [-0.1, -0.05) is 0 Å². The van der Waals surface area contributed by atoms with Gasteiger partial charge in [0.05, 0.1) is 18.2 Å². The molecular formula is C10H5BrF3NO2S. The van der Waals surface area contributed by atoms with Crippen molar-refractivity contribution in [2.45, 2.75) is 10.4 Å². The third-order valence-corrected chi connectivity index (χ3v) is 3.21. The van der Waals surface area contributed by atoms with E-state index in [0.29, 0.717) is 0 Å². The van der Waals surface area contributed by atoms with E-state index in [1.165, 1.54) is 6.07 Å². The third-order valence-electron chi connectivity index (χ3n) is 1.81. The number of ether oxygens (including phenoxy) is 1. The van der Waals surface area contributed by atoms with E-state index in [9.17, 15) is 18.0 Å². The molecule has 0 aromatic heterocycles. The van der Waals surface area contributed by atoms with Crippen molar-refractivity contribution in [1.82, 2.24) is 0 Å². The van der Waals surface area contributed by atoms with E-state index in [-0.39, 0.29) is 20.5 Å². The quantitative estimate of drug-likeness (QED) is 0.608. The molecule has 0 heterocycles. The Morgan fingerprint density at radius 1 is 1.50 bits per heavy atom. The van der Waals surface area contributed by atoms with Crippen LogP contribution in [0.1, 0.15) is 15.9 Å². The summed E-state index contributed by atoms with van der Waals surface area (Å²) >= 11 is 2.50. The van der Waals surface area contributed by atoms with Crippen LogP contribution in [0.5, 0.6) is 0 Å². The van der Waals surface area contributed by atoms with Crippen LogP contribution in [0, 0.1) is 11.3 Å². The van der Waals surface area contributed by atoms with Crippen molar-refractivity contribution in [3.8, 4) is 6.07 Å². The molecule has 0 unspecified atom stereocenters. The minimum atomic E-state index is -4.54. The minimum Gasteiger partial charge on any atom is -0.465 e. The number of rotatable bonds is 2. The number of nitrogens with zero attached hydrogens (tertiary/aromatic N) is 1. The van der Waals surface area contributed by atoms with E-state index >= 15 is 0 Å². The highest BCUT2D eigenvalue weighted by Crippen LogP contribution is 2.40. The number of carbonyl (C=O) groups is 1. The normalized spacial score (nSPS) is 10.9. The van der Waals surface area contributed by atoms with E-state index < -0.39 is 23.2 Å². The molecule has 0 radical (unpaired) electrons. The number of hydrogen-bond acceptors (Lipinski definition) is 4. The molecule has 1 aromatic rings. The Hall–Kier alpha value is -1.20. The van der Waals surface area contributed by atoms with Gasteiger partial charge in [-0.15, -0.1) is 0 Å². The SMILES string of the molecule is COC(=O)c1cc(Br)c(C#N)c(SC(F)(F)F)c1. The second-order valence-corrected chi connectivity index (χ2v) is 4.94. The molecule has 0 spiro atoms. The lowest BCUT2D eigenvalue weighted by molar-refractivity contribution is -0.0328. The fourth-order valence-electron chi connectivity index (χ4n) is 1.13. The summed E-state index contributed by atoms with van der Waals surface area (Å²) in [5.74, 6) is -0.774. The van der Waals surface area contributed by atoms with Crippen LogP contribution in [-0.2, 0) is 4.74 Å². The van der Waals surface area contributed by atoms with Crippen LogP contribution >= 0.6 is 27.7 Å². The van der Waals surface area contributed by atoms with Gasteiger partial charge in [0.15, 0.2) is 0 Å². The fourth-order valence-corrected chi connectivity index (χ4v) is 2.50. The van der Waals surface area contributed by atoms with Gasteiger partial charge in [0.2, 0.25) is 0 Å². The summed E-state index contributed by atoms with van der Waals surface area (Å²) in [6, 6.07) is 3.87. The number of benzene rings is 1. The zero-order valence-corrected chi connectivity index (χ0v) is 11.2. The maximum absolute atomic E-state index is 12.3. The van der Waals surface area contributed by atoms with Gasteiger partial charge in [0, 0.05) is 9.37 Å². The van der Waals surface area contributed by atoms with E-state index in [1.807, 2.05) is 0 Å². The Kier molecular flexibility index (Phi) is 4.65. The van der Waals surface area contributed by atoms with Gasteiger partial charge in [-0.2, -0.15) is 18.4 Å². The van der Waals surface area contributed by atoms with E-state index in [2.05, 4.69) is 20.7 Å². The highest BCUT2D eigenvalue weighted by Gasteiger charge is 2.31. The predicted molar refractivity (Wildman–Crippen MR) is 62.1 cm³/mol. The fraction of sp³-hybridized carbons (Fsp3) is 0.200. The lowest BCUT2D eigenvalue weighted by Crippen LogP contribution is -2.05. The van der Waals surface area contributed by atoms with E-state index in [1.54, 1.807) is 6.07 Å². The highest BCUT2D eigenvalue weighted by molar-refractivity contribution is 9.10. The summed E-state index contributed by atoms with van der Waals surface area (Å²) in [5.41, 5.74) is -4.78. The first-order valence-electron chi connectivity index (χ1n) is 4.36. The first-order chi connectivity index (χ1) is 8.28. The summed E-state index contributed by atoms with van der Waals surface area (Å²) in [6.45, 7) is 0. The molecule has 3 nitrogen and oxygen atoms in total. The summed E-state index contributed by atoms with van der Waals surface area (Å²) < 4.78 is 41.5. The molecule has 1 rings (SSSR count). The molecule has 0 aliphatic carbocycles. The molecular weight excluding hydrogens is 335 g/mol. The van der Waals surface area contributed by atoms with Crippen molar-refractivity contribution >= 4 is 33.7 Å². The van der Waals surface area contributed by atoms with Gasteiger partial charge in [-0.05, 0) is 39.8 Å². The zero-order valence-electron chi connectivity index (χ0n) is 8.84. The maximum atomic E-state index is 12.3. The van der Waals surface area contributed by atoms with Crippen molar-refractivity contribution in [2.75, 3.05) is 7.11 Å². The lowest BCUT2D eigenvalue weighted by atomic mass is 10.1. The topological polar surface area (TPSA) is 50.1 Å². The molecule has 0 aliphatic rings. The Morgan fingerprint density at radius 2 is 2.11 bits per heavy atom. The van der Waals surface area contributed by atoms with Gasteiger partial charge < -0.3 is 4.74 Å². The third kappa shape index (κ3) is 3.65. The molecule has 0 fully saturated rings. The van der Waals surface area contributed by atoms with Crippen LogP contribution in [0.2, 0.25) is 0 Å². The molecule has 0 N–H and O–H groups in total. The highest BCUT2D eigenvalue weighted by atomic mass is 79.9. The van der Waals surface area contributed by atoms with Crippen molar-refractivity contribution < 1.29 is 22.7 Å². The molecule has 8 heteroatoms. The summed E-state index contributed by atoms with van der Waals surface area (Å²) in [5, 5.41) is 8.81. The van der Waals surface area contributed by atoms with Crippen molar-refractivity contribution in [3.63, 3.8) is 0 Å². The Balaban J connectivity index is 3.33. The monoisotopic (exact) mass is 339 g/mol. The Morgan fingerprint density at radius 3 is 2.56 bits per heavy atom. The van der Waals surface area contributed by atoms with Crippen LogP contribution in [-0.4, -0.2) is 18.6 Å². The second kappa shape index (κ2) is 5.63. The molecule has 0 saturated heterocycles. The summed E-state index contributed by atoms with van der Waals surface area (Å²) in [4.78, 5) is 10.9. The smallest absolute Gasteiger partial charge is 0.446 e. The van der Waals surface area contributed by atoms with Gasteiger partial charge in [-0.3, -0.25) is 0 Å².